The summed E-state index contributed by atoms with van der Waals surface area (Å²) in [6.45, 7) is 2.27. The zero-order chi connectivity index (χ0) is 14.3. The molecule has 2 aromatic rings. The molecule has 3 nitrogen and oxygen atoms in total. The molecule has 1 aromatic heterocycles. The van der Waals surface area contributed by atoms with Crippen molar-refractivity contribution >= 4 is 22.7 Å². The zero-order valence-electron chi connectivity index (χ0n) is 12.0. The predicted octanol–water partition coefficient (Wildman–Crippen LogP) is 4.38. The minimum atomic E-state index is -0.327. The predicted molar refractivity (Wildman–Crippen MR) is 81.2 cm³/mol. The third-order valence-corrected chi connectivity index (χ3v) is 5.50. The molecule has 1 unspecified atom stereocenters. The Morgan fingerprint density at radius 1 is 1.30 bits per heavy atom. The lowest BCUT2D eigenvalue weighted by Gasteiger charge is -2.37. The summed E-state index contributed by atoms with van der Waals surface area (Å²) < 4.78 is 6.78. The first-order valence-corrected chi connectivity index (χ1v) is 7.68. The number of halogens is 1. The van der Waals surface area contributed by atoms with Crippen LogP contribution >= 0.6 is 11.6 Å². The number of fused-ring (bicyclic) bond motifs is 1. The van der Waals surface area contributed by atoms with E-state index < -0.39 is 0 Å². The summed E-state index contributed by atoms with van der Waals surface area (Å²) in [4.78, 5) is 11.5. The molecule has 20 heavy (non-hydrogen) atoms. The van der Waals surface area contributed by atoms with Crippen molar-refractivity contribution < 1.29 is 4.42 Å². The Morgan fingerprint density at radius 3 is 2.70 bits per heavy atom. The molecule has 0 amide bonds. The summed E-state index contributed by atoms with van der Waals surface area (Å²) in [5.41, 5.74) is 2.64. The Labute approximate surface area is 123 Å². The van der Waals surface area contributed by atoms with Crippen LogP contribution in [0.4, 0.5) is 0 Å². The molecule has 1 atom stereocenters. The van der Waals surface area contributed by atoms with Gasteiger partial charge >= 0.3 is 5.76 Å². The van der Waals surface area contributed by atoms with Crippen LogP contribution in [0.2, 0.25) is 0 Å². The van der Waals surface area contributed by atoms with E-state index in [4.69, 9.17) is 16.0 Å². The zero-order valence-corrected chi connectivity index (χ0v) is 12.7. The molecule has 4 heteroatoms. The Balaban J connectivity index is 1.99. The normalized spacial score (nSPS) is 20.1. The number of aryl methyl sites for hydroxylation is 1. The van der Waals surface area contributed by atoms with Gasteiger partial charge in [0.1, 0.15) is 0 Å². The highest BCUT2D eigenvalue weighted by Crippen LogP contribution is 2.49. The first-order chi connectivity index (χ1) is 9.51. The summed E-state index contributed by atoms with van der Waals surface area (Å²) >= 11 is 6.75. The standard InChI is InChI=1S/C16H20ClNO2/c1-16(8-4-3-5-9-16)14(17)11-6-7-12-13(10-11)20-15(19)18(12)2/h6-7,10,14H,3-5,8-9H2,1-2H3. The minimum absolute atomic E-state index is 0.0299. The van der Waals surface area contributed by atoms with Crippen LogP contribution in [-0.4, -0.2) is 4.57 Å². The second-order valence-electron chi connectivity index (χ2n) is 6.23. The average Bonchev–Trinajstić information content (AvgIpc) is 2.73. The molecule has 0 bridgehead atoms. The minimum Gasteiger partial charge on any atom is -0.408 e. The monoisotopic (exact) mass is 293 g/mol. The number of aromatic nitrogens is 1. The van der Waals surface area contributed by atoms with E-state index in [2.05, 4.69) is 6.92 Å². The molecule has 1 aromatic carbocycles. The van der Waals surface area contributed by atoms with Crippen molar-refractivity contribution in [3.8, 4) is 0 Å². The topological polar surface area (TPSA) is 35.1 Å². The number of nitrogens with zero attached hydrogens (tertiary/aromatic N) is 1. The SMILES string of the molecule is Cn1c(=O)oc2cc(C(Cl)C3(C)CCCCC3)ccc21. The summed E-state index contributed by atoms with van der Waals surface area (Å²) in [7, 11) is 1.72. The summed E-state index contributed by atoms with van der Waals surface area (Å²) in [6.07, 6.45) is 6.15. The van der Waals surface area contributed by atoms with Crippen LogP contribution in [0, 0.1) is 5.41 Å². The van der Waals surface area contributed by atoms with E-state index in [9.17, 15) is 4.79 Å². The molecule has 1 fully saturated rings. The van der Waals surface area contributed by atoms with Crippen molar-refractivity contribution in [1.82, 2.24) is 4.57 Å². The van der Waals surface area contributed by atoms with E-state index >= 15 is 0 Å². The van der Waals surface area contributed by atoms with Gasteiger partial charge in [0.05, 0.1) is 10.9 Å². The Kier molecular flexibility index (Phi) is 3.41. The fourth-order valence-electron chi connectivity index (χ4n) is 3.32. The largest absolute Gasteiger partial charge is 0.419 e. The lowest BCUT2D eigenvalue weighted by Crippen LogP contribution is -2.25. The Bertz CT molecular complexity index is 679. The average molecular weight is 294 g/mol. The molecule has 0 N–H and O–H groups in total. The molecule has 1 aliphatic carbocycles. The van der Waals surface area contributed by atoms with Crippen LogP contribution in [0.3, 0.4) is 0 Å². The first kappa shape index (κ1) is 13.7. The maximum absolute atomic E-state index is 11.5. The van der Waals surface area contributed by atoms with Crippen LogP contribution < -0.4 is 5.76 Å². The number of alkyl halides is 1. The Hall–Kier alpha value is -1.22. The number of rotatable bonds is 2. The van der Waals surface area contributed by atoms with Crippen molar-refractivity contribution in [3.05, 3.63) is 34.3 Å². The molecule has 108 valence electrons. The van der Waals surface area contributed by atoms with E-state index in [1.54, 1.807) is 7.05 Å². The van der Waals surface area contributed by atoms with Gasteiger partial charge in [0.25, 0.3) is 0 Å². The second-order valence-corrected chi connectivity index (χ2v) is 6.67. The van der Waals surface area contributed by atoms with Gasteiger partial charge in [-0.25, -0.2) is 4.79 Å². The van der Waals surface area contributed by atoms with Gasteiger partial charge in [-0.1, -0.05) is 32.3 Å². The van der Waals surface area contributed by atoms with E-state index in [1.807, 2.05) is 18.2 Å². The van der Waals surface area contributed by atoms with Gasteiger partial charge in [0.15, 0.2) is 5.58 Å². The van der Waals surface area contributed by atoms with E-state index in [0.29, 0.717) is 5.58 Å². The van der Waals surface area contributed by atoms with Crippen LogP contribution in [0.1, 0.15) is 50.0 Å². The highest BCUT2D eigenvalue weighted by atomic mass is 35.5. The second kappa shape index (κ2) is 4.96. The molecule has 0 radical (unpaired) electrons. The fraction of sp³-hybridized carbons (Fsp3) is 0.562. The van der Waals surface area contributed by atoms with Gasteiger partial charge in [0.2, 0.25) is 0 Å². The van der Waals surface area contributed by atoms with Gasteiger partial charge < -0.3 is 4.42 Å². The number of hydrogen-bond acceptors (Lipinski definition) is 2. The van der Waals surface area contributed by atoms with Crippen molar-refractivity contribution in [2.75, 3.05) is 0 Å². The Morgan fingerprint density at radius 2 is 2.00 bits per heavy atom. The maximum atomic E-state index is 11.5. The van der Waals surface area contributed by atoms with Crippen LogP contribution in [0.5, 0.6) is 0 Å². The number of benzene rings is 1. The van der Waals surface area contributed by atoms with Crippen LogP contribution in [0.25, 0.3) is 11.1 Å². The van der Waals surface area contributed by atoms with E-state index in [-0.39, 0.29) is 16.5 Å². The molecule has 0 saturated heterocycles. The van der Waals surface area contributed by atoms with Gasteiger partial charge in [-0.15, -0.1) is 11.6 Å². The summed E-state index contributed by atoms with van der Waals surface area (Å²) in [6, 6.07) is 5.88. The first-order valence-electron chi connectivity index (χ1n) is 7.25. The van der Waals surface area contributed by atoms with E-state index in [1.165, 1.54) is 23.8 Å². The highest BCUT2D eigenvalue weighted by Gasteiger charge is 2.35. The smallest absolute Gasteiger partial charge is 0.408 e. The molecule has 3 rings (SSSR count). The lowest BCUT2D eigenvalue weighted by molar-refractivity contribution is 0.206. The molecule has 1 saturated carbocycles. The van der Waals surface area contributed by atoms with Crippen molar-refractivity contribution in [2.24, 2.45) is 12.5 Å². The fourth-order valence-corrected chi connectivity index (χ4v) is 3.68. The summed E-state index contributed by atoms with van der Waals surface area (Å²) in [5.74, 6) is -0.327. The van der Waals surface area contributed by atoms with Gasteiger partial charge in [-0.05, 0) is 36.0 Å². The third-order valence-electron chi connectivity index (χ3n) is 4.72. The summed E-state index contributed by atoms with van der Waals surface area (Å²) in [5, 5.41) is -0.0299. The molecular weight excluding hydrogens is 274 g/mol. The van der Waals surface area contributed by atoms with Crippen molar-refractivity contribution in [2.45, 2.75) is 44.4 Å². The maximum Gasteiger partial charge on any atom is 0.419 e. The molecule has 1 aliphatic rings. The lowest BCUT2D eigenvalue weighted by atomic mass is 9.71. The van der Waals surface area contributed by atoms with Gasteiger partial charge in [-0.2, -0.15) is 0 Å². The van der Waals surface area contributed by atoms with E-state index in [0.717, 1.165) is 23.9 Å². The van der Waals surface area contributed by atoms with Gasteiger partial charge in [0, 0.05) is 7.05 Å². The van der Waals surface area contributed by atoms with Gasteiger partial charge in [-0.3, -0.25) is 4.57 Å². The van der Waals surface area contributed by atoms with Crippen LogP contribution in [0.15, 0.2) is 27.4 Å². The van der Waals surface area contributed by atoms with Crippen molar-refractivity contribution in [3.63, 3.8) is 0 Å². The molecule has 0 spiro atoms. The third kappa shape index (κ3) is 2.18. The van der Waals surface area contributed by atoms with Crippen LogP contribution in [-0.2, 0) is 7.05 Å². The quantitative estimate of drug-likeness (QED) is 0.770. The number of hydrogen-bond donors (Lipinski definition) is 0. The highest BCUT2D eigenvalue weighted by molar-refractivity contribution is 6.21. The molecular formula is C16H20ClNO2. The van der Waals surface area contributed by atoms with Crippen molar-refractivity contribution in [1.29, 1.82) is 0 Å². The molecule has 1 heterocycles. The number of oxazole rings is 1. The molecule has 0 aliphatic heterocycles.